The van der Waals surface area contributed by atoms with Gasteiger partial charge in [0.2, 0.25) is 0 Å². The molecule has 2 rings (SSSR count). The molecule has 19 heavy (non-hydrogen) atoms. The van der Waals surface area contributed by atoms with Gasteiger partial charge in [-0.05, 0) is 30.6 Å². The molecule has 1 aromatic rings. The summed E-state index contributed by atoms with van der Waals surface area (Å²) in [6.45, 7) is 0. The standard InChI is InChI=1S/C12H12N2O4S/c1-19-6-4-8(12(17)18)14-10(15)7-3-2-5-13-9(7)11(14)16/h2-3,5,8H,4,6H2,1H3,(H,17,18). The van der Waals surface area contributed by atoms with Gasteiger partial charge in [-0.25, -0.2) is 4.79 Å². The van der Waals surface area contributed by atoms with Gasteiger partial charge in [0.1, 0.15) is 11.7 Å². The highest BCUT2D eigenvalue weighted by Crippen LogP contribution is 2.24. The smallest absolute Gasteiger partial charge is 0.326 e. The van der Waals surface area contributed by atoms with E-state index in [4.69, 9.17) is 0 Å². The highest BCUT2D eigenvalue weighted by atomic mass is 32.2. The lowest BCUT2D eigenvalue weighted by Crippen LogP contribution is -2.45. The number of aliphatic carboxylic acids is 1. The third-order valence-corrected chi connectivity index (χ3v) is 3.51. The Morgan fingerprint density at radius 1 is 1.47 bits per heavy atom. The number of nitrogens with zero attached hydrogens (tertiary/aromatic N) is 2. The van der Waals surface area contributed by atoms with Crippen LogP contribution in [0.3, 0.4) is 0 Å². The van der Waals surface area contributed by atoms with Gasteiger partial charge in [0.05, 0.1) is 5.56 Å². The quantitative estimate of drug-likeness (QED) is 0.806. The zero-order valence-electron chi connectivity index (χ0n) is 10.2. The first-order valence-electron chi connectivity index (χ1n) is 5.62. The van der Waals surface area contributed by atoms with E-state index in [-0.39, 0.29) is 17.7 Å². The molecule has 1 aliphatic heterocycles. The minimum absolute atomic E-state index is 0.0305. The number of thioether (sulfide) groups is 1. The highest BCUT2D eigenvalue weighted by Gasteiger charge is 2.43. The second-order valence-electron chi connectivity index (χ2n) is 4.02. The number of imide groups is 1. The molecular weight excluding hydrogens is 268 g/mol. The topological polar surface area (TPSA) is 87.6 Å². The molecule has 2 amide bonds. The molecule has 0 saturated heterocycles. The second-order valence-corrected chi connectivity index (χ2v) is 5.00. The number of carboxylic acids is 1. The molecule has 0 bridgehead atoms. The lowest BCUT2D eigenvalue weighted by atomic mass is 10.2. The van der Waals surface area contributed by atoms with Crippen LogP contribution in [0, 0.1) is 0 Å². The number of carboxylic acid groups (broad SMARTS) is 1. The zero-order valence-corrected chi connectivity index (χ0v) is 11.0. The largest absolute Gasteiger partial charge is 0.480 e. The van der Waals surface area contributed by atoms with Crippen molar-refractivity contribution in [3.8, 4) is 0 Å². The Morgan fingerprint density at radius 2 is 2.21 bits per heavy atom. The van der Waals surface area contributed by atoms with Crippen molar-refractivity contribution in [1.82, 2.24) is 9.88 Å². The molecule has 6 nitrogen and oxygen atoms in total. The van der Waals surface area contributed by atoms with Gasteiger partial charge >= 0.3 is 5.97 Å². The highest BCUT2D eigenvalue weighted by molar-refractivity contribution is 7.98. The van der Waals surface area contributed by atoms with E-state index >= 15 is 0 Å². The molecule has 0 radical (unpaired) electrons. The van der Waals surface area contributed by atoms with Crippen molar-refractivity contribution in [2.24, 2.45) is 0 Å². The average Bonchev–Trinajstić information content (AvgIpc) is 2.64. The number of amides is 2. The van der Waals surface area contributed by atoms with Crippen LogP contribution in [-0.2, 0) is 4.79 Å². The Morgan fingerprint density at radius 3 is 2.79 bits per heavy atom. The molecular formula is C12H12N2O4S. The summed E-state index contributed by atoms with van der Waals surface area (Å²) in [7, 11) is 0. The van der Waals surface area contributed by atoms with Gasteiger partial charge in [0, 0.05) is 6.20 Å². The predicted octanol–water partition coefficient (Wildman–Crippen LogP) is 0.884. The lowest BCUT2D eigenvalue weighted by molar-refractivity contribution is -0.141. The summed E-state index contributed by atoms with van der Waals surface area (Å²) in [4.78, 5) is 40.1. The maximum absolute atomic E-state index is 12.1. The fraction of sp³-hybridized carbons (Fsp3) is 0.333. The van der Waals surface area contributed by atoms with E-state index in [1.807, 2.05) is 6.26 Å². The van der Waals surface area contributed by atoms with Crippen molar-refractivity contribution in [3.63, 3.8) is 0 Å². The van der Waals surface area contributed by atoms with E-state index < -0.39 is 23.8 Å². The summed E-state index contributed by atoms with van der Waals surface area (Å²) in [6, 6.07) is 1.89. The van der Waals surface area contributed by atoms with Gasteiger partial charge in [-0.2, -0.15) is 11.8 Å². The van der Waals surface area contributed by atoms with E-state index in [0.717, 1.165) is 4.90 Å². The van der Waals surface area contributed by atoms with E-state index in [9.17, 15) is 19.5 Å². The number of aromatic nitrogens is 1. The Balaban J connectivity index is 2.33. The summed E-state index contributed by atoms with van der Waals surface area (Å²) < 4.78 is 0. The maximum atomic E-state index is 12.1. The molecule has 0 spiro atoms. The van der Waals surface area contributed by atoms with Crippen molar-refractivity contribution < 1.29 is 19.5 Å². The molecule has 7 heteroatoms. The van der Waals surface area contributed by atoms with Crippen LogP contribution in [0.25, 0.3) is 0 Å². The minimum Gasteiger partial charge on any atom is -0.480 e. The molecule has 0 saturated carbocycles. The predicted molar refractivity (Wildman–Crippen MR) is 69.2 cm³/mol. The van der Waals surface area contributed by atoms with Crippen LogP contribution in [0.1, 0.15) is 27.3 Å². The van der Waals surface area contributed by atoms with Crippen LogP contribution in [0.2, 0.25) is 0 Å². The maximum Gasteiger partial charge on any atom is 0.326 e. The normalized spacial score (nSPS) is 15.5. The van der Waals surface area contributed by atoms with Gasteiger partial charge in [0.15, 0.2) is 0 Å². The van der Waals surface area contributed by atoms with Crippen molar-refractivity contribution in [2.75, 3.05) is 12.0 Å². The molecule has 1 N–H and O–H groups in total. The Labute approximate surface area is 113 Å². The number of carbonyl (C=O) groups is 3. The van der Waals surface area contributed by atoms with E-state index in [1.54, 1.807) is 6.07 Å². The first-order valence-corrected chi connectivity index (χ1v) is 7.02. The monoisotopic (exact) mass is 280 g/mol. The molecule has 100 valence electrons. The Hall–Kier alpha value is -1.89. The Bertz CT molecular complexity index is 511. The lowest BCUT2D eigenvalue weighted by Gasteiger charge is -2.21. The van der Waals surface area contributed by atoms with Crippen LogP contribution < -0.4 is 0 Å². The first kappa shape index (κ1) is 13.5. The van der Waals surface area contributed by atoms with Crippen molar-refractivity contribution >= 4 is 29.5 Å². The summed E-state index contributed by atoms with van der Waals surface area (Å²) in [5.41, 5.74) is 0.200. The Kier molecular flexibility index (Phi) is 3.84. The number of rotatable bonds is 5. The van der Waals surface area contributed by atoms with E-state index in [2.05, 4.69) is 4.98 Å². The van der Waals surface area contributed by atoms with Crippen molar-refractivity contribution in [3.05, 3.63) is 29.6 Å². The number of carbonyl (C=O) groups excluding carboxylic acids is 2. The molecule has 0 fully saturated rings. The summed E-state index contributed by atoms with van der Waals surface area (Å²) in [5, 5.41) is 9.20. The molecule has 0 aromatic carbocycles. The van der Waals surface area contributed by atoms with Crippen molar-refractivity contribution in [2.45, 2.75) is 12.5 Å². The second kappa shape index (κ2) is 5.40. The summed E-state index contributed by atoms with van der Waals surface area (Å²) >= 11 is 1.46. The van der Waals surface area contributed by atoms with Crippen LogP contribution in [0.15, 0.2) is 18.3 Å². The molecule has 1 aromatic heterocycles. The van der Waals surface area contributed by atoms with Crippen molar-refractivity contribution in [1.29, 1.82) is 0 Å². The number of pyridine rings is 1. The molecule has 2 heterocycles. The van der Waals surface area contributed by atoms with Crippen LogP contribution in [0.4, 0.5) is 0 Å². The zero-order chi connectivity index (χ0) is 14.0. The number of hydrogen-bond acceptors (Lipinski definition) is 5. The van der Waals surface area contributed by atoms with Gasteiger partial charge in [-0.15, -0.1) is 0 Å². The first-order chi connectivity index (χ1) is 9.07. The van der Waals surface area contributed by atoms with Gasteiger partial charge in [-0.1, -0.05) is 0 Å². The third-order valence-electron chi connectivity index (χ3n) is 2.87. The van der Waals surface area contributed by atoms with Gasteiger partial charge < -0.3 is 5.11 Å². The van der Waals surface area contributed by atoms with Gasteiger partial charge in [-0.3, -0.25) is 19.5 Å². The van der Waals surface area contributed by atoms with Crippen LogP contribution >= 0.6 is 11.8 Å². The molecule has 1 unspecified atom stereocenters. The van der Waals surface area contributed by atoms with E-state index in [1.165, 1.54) is 24.0 Å². The molecule has 1 atom stereocenters. The average molecular weight is 280 g/mol. The summed E-state index contributed by atoms with van der Waals surface area (Å²) in [5.74, 6) is -1.84. The SMILES string of the molecule is CSCCC(C(=O)O)N1C(=O)c2cccnc2C1=O. The van der Waals surface area contributed by atoms with Crippen LogP contribution in [0.5, 0.6) is 0 Å². The van der Waals surface area contributed by atoms with Crippen LogP contribution in [-0.4, -0.2) is 50.8 Å². The van der Waals surface area contributed by atoms with E-state index in [0.29, 0.717) is 5.75 Å². The number of hydrogen-bond donors (Lipinski definition) is 1. The molecule has 1 aliphatic rings. The molecule has 0 aliphatic carbocycles. The minimum atomic E-state index is -1.18. The number of fused-ring (bicyclic) bond motifs is 1. The fourth-order valence-electron chi connectivity index (χ4n) is 1.96. The fourth-order valence-corrected chi connectivity index (χ4v) is 2.42. The summed E-state index contributed by atoms with van der Waals surface area (Å²) in [6.07, 6.45) is 3.47. The third kappa shape index (κ3) is 2.33. The van der Waals surface area contributed by atoms with Gasteiger partial charge in [0.25, 0.3) is 11.8 Å².